The van der Waals surface area contributed by atoms with Crippen molar-refractivity contribution in [2.45, 2.75) is 19.4 Å². The van der Waals surface area contributed by atoms with E-state index in [1.54, 1.807) is 26.2 Å². The Hall–Kier alpha value is -3.63. The van der Waals surface area contributed by atoms with Crippen LogP contribution in [0.1, 0.15) is 23.7 Å². The number of fused-ring (bicyclic) bond motifs is 3. The normalized spacial score (nSPS) is 16.8. The fourth-order valence-corrected chi connectivity index (χ4v) is 2.96. The van der Waals surface area contributed by atoms with E-state index in [9.17, 15) is 9.59 Å². The molecule has 3 N–H and O–H groups in total. The van der Waals surface area contributed by atoms with Crippen molar-refractivity contribution in [2.24, 2.45) is 7.05 Å². The Morgan fingerprint density at radius 3 is 2.93 bits per heavy atom. The molecule has 1 aliphatic heterocycles. The summed E-state index contributed by atoms with van der Waals surface area (Å²) in [5.41, 5.74) is 0.653. The lowest BCUT2D eigenvalue weighted by Crippen LogP contribution is -2.34. The Labute approximate surface area is 159 Å². The highest BCUT2D eigenvalue weighted by Gasteiger charge is 2.20. The molecule has 1 atom stereocenters. The van der Waals surface area contributed by atoms with Crippen LogP contribution in [0.4, 0.5) is 17.3 Å². The minimum atomic E-state index is -0.327. The number of nitrogens with one attached hydrogen (secondary N) is 3. The number of amides is 1. The second-order valence-corrected chi connectivity index (χ2v) is 6.53. The average molecular weight is 384 g/mol. The number of hydrogen-bond donors (Lipinski definition) is 3. The number of carbonyl (C=O) groups is 1. The molecule has 0 aliphatic carbocycles. The van der Waals surface area contributed by atoms with Crippen LogP contribution in [0.15, 0.2) is 23.1 Å². The van der Waals surface area contributed by atoms with Crippen molar-refractivity contribution in [3.05, 3.63) is 34.2 Å². The number of nitrogens with zero attached hydrogens (tertiary/aromatic N) is 5. The first kappa shape index (κ1) is 17.8. The summed E-state index contributed by atoms with van der Waals surface area (Å²) in [6, 6.07) is 3.10. The number of aromatic nitrogens is 5. The average Bonchev–Trinajstić information content (AvgIpc) is 3.08. The van der Waals surface area contributed by atoms with Gasteiger partial charge in [-0.25, -0.2) is 9.67 Å². The molecule has 0 radical (unpaired) electrons. The van der Waals surface area contributed by atoms with Crippen LogP contribution in [-0.2, 0) is 7.05 Å². The van der Waals surface area contributed by atoms with Crippen molar-refractivity contribution in [1.82, 2.24) is 29.7 Å². The van der Waals surface area contributed by atoms with E-state index in [0.29, 0.717) is 41.8 Å². The van der Waals surface area contributed by atoms with Crippen molar-refractivity contribution < 1.29 is 9.53 Å². The highest BCUT2D eigenvalue weighted by atomic mass is 16.5. The smallest absolute Gasteiger partial charge is 0.290 e. The molecule has 3 aromatic heterocycles. The number of carbonyl (C=O) groups excluding carboxylic acids is 1. The zero-order chi connectivity index (χ0) is 19.8. The Morgan fingerprint density at radius 2 is 2.14 bits per heavy atom. The van der Waals surface area contributed by atoms with Crippen LogP contribution in [-0.4, -0.2) is 50.0 Å². The zero-order valence-corrected chi connectivity index (χ0v) is 15.7. The summed E-state index contributed by atoms with van der Waals surface area (Å²) < 4.78 is 8.41. The first-order chi connectivity index (χ1) is 13.5. The first-order valence-electron chi connectivity index (χ1n) is 8.82. The van der Waals surface area contributed by atoms with Crippen LogP contribution >= 0.6 is 0 Å². The molecular weight excluding hydrogens is 364 g/mol. The van der Waals surface area contributed by atoms with Gasteiger partial charge in [-0.05, 0) is 6.92 Å². The van der Waals surface area contributed by atoms with Crippen molar-refractivity contribution in [1.29, 1.82) is 0 Å². The van der Waals surface area contributed by atoms with Gasteiger partial charge in [0.05, 0.1) is 12.8 Å². The van der Waals surface area contributed by atoms with Gasteiger partial charge >= 0.3 is 0 Å². The third-order valence-electron chi connectivity index (χ3n) is 4.45. The molecule has 11 heteroatoms. The second-order valence-electron chi connectivity index (χ2n) is 6.53. The highest BCUT2D eigenvalue weighted by molar-refractivity contribution is 6.00. The van der Waals surface area contributed by atoms with Crippen LogP contribution in [0.2, 0.25) is 0 Å². The summed E-state index contributed by atoms with van der Waals surface area (Å²) in [7, 11) is 3.29. The van der Waals surface area contributed by atoms with Gasteiger partial charge in [0.1, 0.15) is 22.9 Å². The third-order valence-corrected chi connectivity index (χ3v) is 4.45. The molecule has 11 nitrogen and oxygen atoms in total. The summed E-state index contributed by atoms with van der Waals surface area (Å²) >= 11 is 0. The minimum Gasteiger partial charge on any atom is -0.477 e. The second kappa shape index (κ2) is 6.83. The molecule has 0 saturated heterocycles. The Bertz CT molecular complexity index is 1120. The summed E-state index contributed by atoms with van der Waals surface area (Å²) in [5.74, 6) is 1.01. The number of aryl methyl sites for hydroxylation is 1. The Balaban J connectivity index is 1.91. The van der Waals surface area contributed by atoms with Gasteiger partial charge in [0.15, 0.2) is 5.65 Å². The maximum atomic E-state index is 12.7. The molecule has 1 amide bonds. The number of ether oxygens (including phenoxy) is 1. The molecular formula is C17H20N8O3. The maximum Gasteiger partial charge on any atom is 0.290 e. The van der Waals surface area contributed by atoms with Gasteiger partial charge in [-0.2, -0.15) is 9.61 Å². The predicted octanol–water partition coefficient (Wildman–Crippen LogP) is 0.509. The third kappa shape index (κ3) is 3.10. The molecule has 146 valence electrons. The number of anilines is 3. The van der Waals surface area contributed by atoms with E-state index in [4.69, 9.17) is 4.74 Å². The van der Waals surface area contributed by atoms with Crippen molar-refractivity contribution in [3.8, 4) is 5.88 Å². The highest BCUT2D eigenvalue weighted by Crippen LogP contribution is 2.22. The van der Waals surface area contributed by atoms with E-state index < -0.39 is 0 Å². The van der Waals surface area contributed by atoms with Crippen LogP contribution in [0.3, 0.4) is 0 Å². The van der Waals surface area contributed by atoms with Crippen LogP contribution < -0.4 is 26.2 Å². The van der Waals surface area contributed by atoms with Gasteiger partial charge in [-0.15, -0.1) is 5.10 Å². The van der Waals surface area contributed by atoms with E-state index >= 15 is 0 Å². The SMILES string of the molecule is CNc1cc2nc3c(cnn13)C(=O)N[C@H](C)CCOc1cc(c(=O)n(C)n1)N2. The van der Waals surface area contributed by atoms with Crippen molar-refractivity contribution in [3.63, 3.8) is 0 Å². The molecule has 0 fully saturated rings. The monoisotopic (exact) mass is 384 g/mol. The van der Waals surface area contributed by atoms with Gasteiger partial charge in [0, 0.05) is 38.7 Å². The predicted molar refractivity (Wildman–Crippen MR) is 102 cm³/mol. The Morgan fingerprint density at radius 1 is 1.32 bits per heavy atom. The largest absolute Gasteiger partial charge is 0.477 e. The van der Waals surface area contributed by atoms with Crippen molar-refractivity contribution >= 4 is 28.9 Å². The standard InChI is InChI=1S/C17H20N8O3/c1-9-4-5-28-14-6-11(17(27)24(3)23-14)21-12-7-13(18-2)25-15(22-12)10(8-19-25)16(26)20-9/h6-9,18H,4-5H2,1-3H3,(H,20,26)(H,21,22)/t9-/m1/s1. The lowest BCUT2D eigenvalue weighted by Gasteiger charge is -2.16. The lowest BCUT2D eigenvalue weighted by molar-refractivity contribution is 0.0936. The number of rotatable bonds is 1. The molecule has 0 aromatic carbocycles. The molecule has 28 heavy (non-hydrogen) atoms. The number of hydrogen-bond acceptors (Lipinski definition) is 8. The minimum absolute atomic E-state index is 0.137. The molecule has 4 bridgehead atoms. The van der Waals surface area contributed by atoms with E-state index in [1.807, 2.05) is 6.92 Å². The zero-order valence-electron chi connectivity index (χ0n) is 15.7. The van der Waals surface area contributed by atoms with Crippen LogP contribution in [0.25, 0.3) is 5.65 Å². The topological polar surface area (TPSA) is 127 Å². The van der Waals surface area contributed by atoms with Gasteiger partial charge < -0.3 is 20.7 Å². The molecule has 0 unspecified atom stereocenters. The molecule has 0 spiro atoms. The van der Waals surface area contributed by atoms with Crippen molar-refractivity contribution in [2.75, 3.05) is 24.3 Å². The van der Waals surface area contributed by atoms with E-state index in [0.717, 1.165) is 0 Å². The summed E-state index contributed by atoms with van der Waals surface area (Å²) in [5, 5.41) is 17.3. The maximum absolute atomic E-state index is 12.7. The van der Waals surface area contributed by atoms with Crippen LogP contribution in [0.5, 0.6) is 5.88 Å². The van der Waals surface area contributed by atoms with E-state index in [1.165, 1.54) is 15.4 Å². The fourth-order valence-electron chi connectivity index (χ4n) is 2.96. The van der Waals surface area contributed by atoms with E-state index in [-0.39, 0.29) is 23.2 Å². The summed E-state index contributed by atoms with van der Waals surface area (Å²) in [4.78, 5) is 29.6. The van der Waals surface area contributed by atoms with Gasteiger partial charge in [0.2, 0.25) is 5.88 Å². The summed E-state index contributed by atoms with van der Waals surface area (Å²) in [6.07, 6.45) is 2.04. The van der Waals surface area contributed by atoms with E-state index in [2.05, 4.69) is 31.1 Å². The van der Waals surface area contributed by atoms with Crippen LogP contribution in [0, 0.1) is 0 Å². The molecule has 4 rings (SSSR count). The Kier molecular flexibility index (Phi) is 4.34. The fraction of sp³-hybridized carbons (Fsp3) is 0.353. The molecule has 4 heterocycles. The quantitative estimate of drug-likeness (QED) is 0.554. The molecule has 1 aliphatic rings. The first-order valence-corrected chi connectivity index (χ1v) is 8.82. The molecule has 3 aromatic rings. The summed E-state index contributed by atoms with van der Waals surface area (Å²) in [6.45, 7) is 2.22. The lowest BCUT2D eigenvalue weighted by atomic mass is 10.2. The molecule has 0 saturated carbocycles. The van der Waals surface area contributed by atoms with Gasteiger partial charge in [0.25, 0.3) is 11.5 Å². The van der Waals surface area contributed by atoms with Gasteiger partial charge in [-0.3, -0.25) is 9.59 Å². The van der Waals surface area contributed by atoms with Gasteiger partial charge in [-0.1, -0.05) is 0 Å².